The highest BCUT2D eigenvalue weighted by Crippen LogP contribution is 2.17. The van der Waals surface area contributed by atoms with Crippen molar-refractivity contribution in [1.29, 1.82) is 5.26 Å². The monoisotopic (exact) mass is 286 g/mol. The molecule has 1 unspecified atom stereocenters. The molecule has 5 heteroatoms. The second-order valence-electron chi connectivity index (χ2n) is 5.51. The van der Waals surface area contributed by atoms with Gasteiger partial charge in [-0.1, -0.05) is 18.2 Å². The molecule has 1 aromatic rings. The predicted molar refractivity (Wildman–Crippen MR) is 82.9 cm³/mol. The number of nitrogens with zero attached hydrogens (tertiary/aromatic N) is 3. The van der Waals surface area contributed by atoms with Gasteiger partial charge in [-0.05, 0) is 26.0 Å². The van der Waals surface area contributed by atoms with E-state index >= 15 is 0 Å². The van der Waals surface area contributed by atoms with Crippen LogP contribution in [0.3, 0.4) is 0 Å². The van der Waals surface area contributed by atoms with Gasteiger partial charge in [0.2, 0.25) is 5.91 Å². The number of rotatable bonds is 4. The molecule has 1 amide bonds. The lowest BCUT2D eigenvalue weighted by atomic mass is 10.2. The van der Waals surface area contributed by atoms with E-state index in [1.54, 1.807) is 4.90 Å². The standard InChI is InChI=1S/C16H22N4O/c1-13(2)20(14-6-4-3-5-7-14)16(21)12-19-9-8-18-11-15(19)10-17/h3-7,13,15,18H,8-9,11-12H2,1-2H3. The highest BCUT2D eigenvalue weighted by atomic mass is 16.2. The summed E-state index contributed by atoms with van der Waals surface area (Å²) in [6.07, 6.45) is 0. The molecule has 0 radical (unpaired) electrons. The van der Waals surface area contributed by atoms with Crippen molar-refractivity contribution in [3.63, 3.8) is 0 Å². The minimum absolute atomic E-state index is 0.0401. The Bertz CT molecular complexity index is 509. The third-order valence-corrected chi connectivity index (χ3v) is 3.66. The van der Waals surface area contributed by atoms with Crippen molar-refractivity contribution < 1.29 is 4.79 Å². The van der Waals surface area contributed by atoms with Crippen molar-refractivity contribution in [2.24, 2.45) is 0 Å². The molecule has 112 valence electrons. The van der Waals surface area contributed by atoms with Gasteiger partial charge in [0, 0.05) is 31.4 Å². The lowest BCUT2D eigenvalue weighted by Gasteiger charge is -2.34. The van der Waals surface area contributed by atoms with Gasteiger partial charge in [0.15, 0.2) is 0 Å². The number of amides is 1. The van der Waals surface area contributed by atoms with Gasteiger partial charge in [-0.2, -0.15) is 5.26 Å². The van der Waals surface area contributed by atoms with Crippen molar-refractivity contribution in [2.45, 2.75) is 25.9 Å². The number of piperazine rings is 1. The molecule has 0 aliphatic carbocycles. The molecule has 5 nitrogen and oxygen atoms in total. The van der Waals surface area contributed by atoms with E-state index in [1.165, 1.54) is 0 Å². The van der Waals surface area contributed by atoms with Gasteiger partial charge < -0.3 is 10.2 Å². The molecule has 1 heterocycles. The first-order valence-electron chi connectivity index (χ1n) is 7.35. The maximum atomic E-state index is 12.7. The molecule has 1 saturated heterocycles. The van der Waals surface area contributed by atoms with Crippen molar-refractivity contribution in [2.75, 3.05) is 31.1 Å². The van der Waals surface area contributed by atoms with Gasteiger partial charge >= 0.3 is 0 Å². The molecule has 1 N–H and O–H groups in total. The van der Waals surface area contributed by atoms with Crippen LogP contribution in [0.15, 0.2) is 30.3 Å². The number of benzene rings is 1. The number of para-hydroxylation sites is 1. The summed E-state index contributed by atoms with van der Waals surface area (Å²) < 4.78 is 0. The summed E-state index contributed by atoms with van der Waals surface area (Å²) in [5, 5.41) is 12.4. The van der Waals surface area contributed by atoms with Crippen LogP contribution in [0, 0.1) is 11.3 Å². The van der Waals surface area contributed by atoms with Crippen LogP contribution < -0.4 is 10.2 Å². The summed E-state index contributed by atoms with van der Waals surface area (Å²) in [5.74, 6) is 0.0401. The van der Waals surface area contributed by atoms with E-state index in [0.29, 0.717) is 6.54 Å². The second-order valence-corrected chi connectivity index (χ2v) is 5.51. The molecular weight excluding hydrogens is 264 g/mol. The van der Waals surface area contributed by atoms with Gasteiger partial charge in [-0.3, -0.25) is 9.69 Å². The van der Waals surface area contributed by atoms with Gasteiger partial charge in [0.1, 0.15) is 6.04 Å². The summed E-state index contributed by atoms with van der Waals surface area (Å²) in [4.78, 5) is 16.4. The number of nitriles is 1. The zero-order valence-corrected chi connectivity index (χ0v) is 12.6. The van der Waals surface area contributed by atoms with Crippen molar-refractivity contribution in [3.8, 4) is 6.07 Å². The molecule has 1 aromatic carbocycles. The van der Waals surface area contributed by atoms with Crippen LogP contribution in [-0.4, -0.2) is 49.1 Å². The smallest absolute Gasteiger partial charge is 0.241 e. The molecule has 0 saturated carbocycles. The first-order chi connectivity index (χ1) is 10.1. The third kappa shape index (κ3) is 3.81. The molecule has 21 heavy (non-hydrogen) atoms. The van der Waals surface area contributed by atoms with Crippen LogP contribution in [-0.2, 0) is 4.79 Å². The van der Waals surface area contributed by atoms with E-state index in [2.05, 4.69) is 11.4 Å². The van der Waals surface area contributed by atoms with Gasteiger partial charge in [0.25, 0.3) is 0 Å². The lowest BCUT2D eigenvalue weighted by molar-refractivity contribution is -0.120. The van der Waals surface area contributed by atoms with E-state index in [9.17, 15) is 10.1 Å². The Labute approximate surface area is 126 Å². The van der Waals surface area contributed by atoms with Crippen LogP contribution in [0.4, 0.5) is 5.69 Å². The zero-order valence-electron chi connectivity index (χ0n) is 12.6. The van der Waals surface area contributed by atoms with Gasteiger partial charge in [-0.25, -0.2) is 0 Å². The quantitative estimate of drug-likeness (QED) is 0.904. The second kappa shape index (κ2) is 7.21. The van der Waals surface area contributed by atoms with Crippen molar-refractivity contribution in [3.05, 3.63) is 30.3 Å². The SMILES string of the molecule is CC(C)N(C(=O)CN1CCNCC1C#N)c1ccccc1. The zero-order chi connectivity index (χ0) is 15.2. The highest BCUT2D eigenvalue weighted by Gasteiger charge is 2.27. The molecule has 2 rings (SSSR count). The fourth-order valence-electron chi connectivity index (χ4n) is 2.63. The average molecular weight is 286 g/mol. The maximum Gasteiger partial charge on any atom is 0.241 e. The number of carbonyl (C=O) groups excluding carboxylic acids is 1. The van der Waals surface area contributed by atoms with Crippen LogP contribution in [0.25, 0.3) is 0 Å². The Morgan fingerprint density at radius 2 is 2.19 bits per heavy atom. The minimum Gasteiger partial charge on any atom is -0.313 e. The van der Waals surface area contributed by atoms with Crippen molar-refractivity contribution in [1.82, 2.24) is 10.2 Å². The minimum atomic E-state index is -0.229. The Morgan fingerprint density at radius 1 is 1.48 bits per heavy atom. The maximum absolute atomic E-state index is 12.7. The van der Waals surface area contributed by atoms with E-state index in [1.807, 2.05) is 49.1 Å². The molecule has 1 aliphatic rings. The Morgan fingerprint density at radius 3 is 2.81 bits per heavy atom. The summed E-state index contributed by atoms with van der Waals surface area (Å²) in [5.41, 5.74) is 0.904. The molecule has 1 aliphatic heterocycles. The van der Waals surface area contributed by atoms with Gasteiger partial charge in [-0.15, -0.1) is 0 Å². The summed E-state index contributed by atoms with van der Waals surface area (Å²) in [6, 6.07) is 11.8. The van der Waals surface area contributed by atoms with Crippen LogP contribution in [0.5, 0.6) is 0 Å². The van der Waals surface area contributed by atoms with Crippen LogP contribution in [0.1, 0.15) is 13.8 Å². The number of hydrogen-bond donors (Lipinski definition) is 1. The fourth-order valence-corrected chi connectivity index (χ4v) is 2.63. The average Bonchev–Trinajstić information content (AvgIpc) is 2.48. The van der Waals surface area contributed by atoms with Crippen molar-refractivity contribution >= 4 is 11.6 Å². The number of hydrogen-bond acceptors (Lipinski definition) is 4. The Hall–Kier alpha value is -1.90. The largest absolute Gasteiger partial charge is 0.313 e. The molecule has 1 fully saturated rings. The first-order valence-corrected chi connectivity index (χ1v) is 7.35. The van der Waals surface area contributed by atoms with E-state index in [-0.39, 0.29) is 24.5 Å². The Balaban J connectivity index is 2.11. The van der Waals surface area contributed by atoms with E-state index in [0.717, 1.165) is 18.8 Å². The number of carbonyl (C=O) groups is 1. The van der Waals surface area contributed by atoms with E-state index < -0.39 is 0 Å². The third-order valence-electron chi connectivity index (χ3n) is 3.66. The topological polar surface area (TPSA) is 59.4 Å². The summed E-state index contributed by atoms with van der Waals surface area (Å²) >= 11 is 0. The van der Waals surface area contributed by atoms with Crippen LogP contribution in [0.2, 0.25) is 0 Å². The van der Waals surface area contributed by atoms with E-state index in [4.69, 9.17) is 0 Å². The lowest BCUT2D eigenvalue weighted by Crippen LogP contribution is -2.54. The summed E-state index contributed by atoms with van der Waals surface area (Å²) in [7, 11) is 0. The first kappa shape index (κ1) is 15.5. The number of anilines is 1. The predicted octanol–water partition coefficient (Wildman–Crippen LogP) is 1.23. The highest BCUT2D eigenvalue weighted by molar-refractivity contribution is 5.95. The van der Waals surface area contributed by atoms with Gasteiger partial charge in [0.05, 0.1) is 12.6 Å². The summed E-state index contributed by atoms with van der Waals surface area (Å²) in [6.45, 7) is 6.46. The molecule has 1 atom stereocenters. The molecule has 0 spiro atoms. The fraction of sp³-hybridized carbons (Fsp3) is 0.500. The number of nitrogens with one attached hydrogen (secondary N) is 1. The molecule has 0 bridgehead atoms. The van der Waals surface area contributed by atoms with Crippen LogP contribution >= 0.6 is 0 Å². The normalized spacial score (nSPS) is 19.2. The molecular formula is C16H22N4O. The molecule has 0 aromatic heterocycles. The Kier molecular flexibility index (Phi) is 5.32.